The summed E-state index contributed by atoms with van der Waals surface area (Å²) in [5, 5.41) is 16.9. The van der Waals surface area contributed by atoms with Crippen LogP contribution in [0.4, 0.5) is 15.8 Å². The number of methoxy groups -OCH3 is 1. The van der Waals surface area contributed by atoms with Crippen LogP contribution in [0.2, 0.25) is 0 Å². The predicted octanol–water partition coefficient (Wildman–Crippen LogP) is 4.45. The number of aliphatic carboxylic acids is 1. The molecule has 0 saturated heterocycles. The summed E-state index contributed by atoms with van der Waals surface area (Å²) >= 11 is 0. The molecule has 1 saturated carbocycles. The van der Waals surface area contributed by atoms with Gasteiger partial charge in [0, 0.05) is 30.3 Å². The van der Waals surface area contributed by atoms with E-state index in [0.29, 0.717) is 18.3 Å². The molecule has 1 aliphatic rings. The minimum Gasteiger partial charge on any atom is -0.684 e. The second-order valence-corrected chi connectivity index (χ2v) is 9.02. The molecule has 2 aromatic carbocycles. The average molecular weight is 519 g/mol. The number of carbonyl (C=O) groups is 1. The summed E-state index contributed by atoms with van der Waals surface area (Å²) in [7, 11) is 1.65. The molecule has 3 aromatic rings. The van der Waals surface area contributed by atoms with Crippen molar-refractivity contribution in [3.8, 4) is 11.3 Å². The molecule has 8 heteroatoms. The van der Waals surface area contributed by atoms with E-state index in [1.54, 1.807) is 19.2 Å². The van der Waals surface area contributed by atoms with Crippen LogP contribution in [-0.4, -0.2) is 24.7 Å². The molecule has 6 nitrogen and oxygen atoms in total. The molecular weight excluding hydrogens is 486 g/mol. The molecule has 0 amide bonds. The Labute approximate surface area is 254 Å². The first kappa shape index (κ1) is 28.9. The molecule has 1 heterocycles. The first-order chi connectivity index (χ1) is 17.0. The number of halogens is 1. The van der Waals surface area contributed by atoms with Crippen LogP contribution in [0.25, 0.3) is 16.6 Å². The van der Waals surface area contributed by atoms with Crippen molar-refractivity contribution >= 4 is 17.3 Å². The maximum atomic E-state index is 13.5. The van der Waals surface area contributed by atoms with Crippen LogP contribution in [0.1, 0.15) is 55.9 Å². The molecule has 4 rings (SSSR count). The number of nitrogens with zero attached hydrogens (tertiary/aromatic N) is 1. The number of hydrogen-bond donors (Lipinski definition) is 2. The first-order valence-corrected chi connectivity index (χ1v) is 12.2. The number of carboxylic acid groups (broad SMARTS) is 1. The van der Waals surface area contributed by atoms with Crippen molar-refractivity contribution in [1.29, 1.82) is 0 Å². The minimum absolute atomic E-state index is 0. The summed E-state index contributed by atoms with van der Waals surface area (Å²) in [6.07, 6.45) is 5.93. The van der Waals surface area contributed by atoms with Crippen LogP contribution in [-0.2, 0) is 16.1 Å². The second-order valence-electron chi connectivity index (χ2n) is 9.02. The van der Waals surface area contributed by atoms with Crippen LogP contribution in [0.3, 0.4) is 0 Å². The van der Waals surface area contributed by atoms with E-state index in [0.717, 1.165) is 41.1 Å². The van der Waals surface area contributed by atoms with Crippen LogP contribution in [0, 0.1) is 11.7 Å². The van der Waals surface area contributed by atoms with E-state index < -0.39 is 5.97 Å². The van der Waals surface area contributed by atoms with E-state index in [2.05, 4.69) is 16.7 Å². The van der Waals surface area contributed by atoms with Crippen molar-refractivity contribution in [3.63, 3.8) is 0 Å². The zero-order chi connectivity index (χ0) is 24.6. The Bertz CT molecular complexity index is 1100. The van der Waals surface area contributed by atoms with Gasteiger partial charge in [0.15, 0.2) is 0 Å². The quantitative estimate of drug-likeness (QED) is 0.367. The van der Waals surface area contributed by atoms with Crippen molar-refractivity contribution in [2.45, 2.75) is 51.2 Å². The fourth-order valence-corrected chi connectivity index (χ4v) is 4.75. The summed E-state index contributed by atoms with van der Waals surface area (Å²) in [6, 6.07) is 16.2. The topological polar surface area (TPSA) is 85.8 Å². The van der Waals surface area contributed by atoms with Gasteiger partial charge in [-0.25, -0.2) is 4.39 Å². The molecule has 1 unspecified atom stereocenters. The fraction of sp³-hybridized carbons (Fsp3) is 0.393. The van der Waals surface area contributed by atoms with Crippen LogP contribution in [0.5, 0.6) is 0 Å². The number of carboxylic acids is 1. The third-order valence-electron chi connectivity index (χ3n) is 6.51. The van der Waals surface area contributed by atoms with Crippen molar-refractivity contribution in [2.24, 2.45) is 5.92 Å². The molecule has 0 radical (unpaired) electrons. The molecule has 0 bridgehead atoms. The standard InChI is InChI=1S/C28H32FN2O4.K/c1-34-18-26-24(17-25(35-26)19-7-9-21(29)10-8-19)28(20-5-3-2-4-6-20)31-23-13-11-22(12-14-23)30-16-15-27(32)33;/h7-14,17,20,28,31H,2-6,15-16,18H2,1H3,(H,32,33);/q-1;+1. The Morgan fingerprint density at radius 1 is 1.14 bits per heavy atom. The number of furan rings is 1. The third kappa shape index (κ3) is 7.91. The number of rotatable bonds is 11. The number of ether oxygens (including phenoxy) is 1. The van der Waals surface area contributed by atoms with Gasteiger partial charge in [0.05, 0.1) is 6.04 Å². The summed E-state index contributed by atoms with van der Waals surface area (Å²) in [6.45, 7) is 0.608. The van der Waals surface area contributed by atoms with Crippen LogP contribution >= 0.6 is 0 Å². The Kier molecular flexibility index (Phi) is 11.5. The van der Waals surface area contributed by atoms with Gasteiger partial charge in [-0.05, 0) is 61.2 Å². The molecule has 36 heavy (non-hydrogen) atoms. The monoisotopic (exact) mass is 518 g/mol. The molecule has 0 spiro atoms. The first-order valence-electron chi connectivity index (χ1n) is 12.2. The van der Waals surface area contributed by atoms with Crippen LogP contribution in [0.15, 0.2) is 59.0 Å². The maximum absolute atomic E-state index is 13.5. The van der Waals surface area contributed by atoms with Gasteiger partial charge in [-0.3, -0.25) is 4.79 Å². The van der Waals surface area contributed by atoms with Gasteiger partial charge < -0.3 is 24.9 Å². The number of anilines is 1. The van der Waals surface area contributed by atoms with E-state index >= 15 is 0 Å². The van der Waals surface area contributed by atoms with E-state index in [9.17, 15) is 9.18 Å². The summed E-state index contributed by atoms with van der Waals surface area (Å²) < 4.78 is 25.1. The van der Waals surface area contributed by atoms with Gasteiger partial charge in [-0.2, -0.15) is 0 Å². The molecule has 1 fully saturated rings. The molecule has 1 aromatic heterocycles. The smallest absolute Gasteiger partial charge is 0.684 e. The largest absolute Gasteiger partial charge is 1.00 e. The Balaban J connectivity index is 0.00000361. The molecule has 186 valence electrons. The number of benzene rings is 2. The summed E-state index contributed by atoms with van der Waals surface area (Å²) in [5.74, 6) is 0.780. The summed E-state index contributed by atoms with van der Waals surface area (Å²) in [4.78, 5) is 10.7. The van der Waals surface area contributed by atoms with Gasteiger partial charge in [-0.1, -0.05) is 31.4 Å². The molecule has 0 aliphatic heterocycles. The number of nitrogens with one attached hydrogen (secondary N) is 1. The van der Waals surface area contributed by atoms with E-state index in [4.69, 9.17) is 14.3 Å². The van der Waals surface area contributed by atoms with Crippen molar-refractivity contribution in [1.82, 2.24) is 0 Å². The van der Waals surface area contributed by atoms with E-state index in [-0.39, 0.29) is 76.2 Å². The predicted molar refractivity (Wildman–Crippen MR) is 134 cm³/mol. The van der Waals surface area contributed by atoms with Crippen molar-refractivity contribution in [3.05, 3.63) is 77.1 Å². The Hall–Kier alpha value is -1.68. The number of hydrogen-bond acceptors (Lipinski definition) is 4. The van der Waals surface area contributed by atoms with Gasteiger partial charge >= 0.3 is 57.4 Å². The van der Waals surface area contributed by atoms with Crippen molar-refractivity contribution in [2.75, 3.05) is 19.0 Å². The zero-order valence-electron chi connectivity index (χ0n) is 21.0. The Morgan fingerprint density at radius 2 is 1.83 bits per heavy atom. The normalized spacial score (nSPS) is 14.6. The molecular formula is C28H32FKN2O4. The van der Waals surface area contributed by atoms with E-state index in [1.807, 2.05) is 24.3 Å². The zero-order valence-corrected chi connectivity index (χ0v) is 24.1. The van der Waals surface area contributed by atoms with Gasteiger partial charge in [0.2, 0.25) is 0 Å². The minimum atomic E-state index is -0.852. The molecule has 1 aliphatic carbocycles. The Morgan fingerprint density at radius 3 is 2.47 bits per heavy atom. The average Bonchev–Trinajstić information content (AvgIpc) is 3.28. The van der Waals surface area contributed by atoms with Crippen molar-refractivity contribution < 1.29 is 74.8 Å². The molecule has 1 atom stereocenters. The van der Waals surface area contributed by atoms with Gasteiger partial charge in [0.25, 0.3) is 0 Å². The van der Waals surface area contributed by atoms with Crippen LogP contribution < -0.4 is 56.7 Å². The SMILES string of the molecule is COCc1oc(-c2ccc(F)cc2)cc1C(Nc1ccc([N-]CCC(=O)O)cc1)C1CCCCC1.[K+]. The maximum Gasteiger partial charge on any atom is 1.00 e. The molecule has 2 N–H and O–H groups in total. The van der Waals surface area contributed by atoms with E-state index in [1.165, 1.54) is 31.4 Å². The van der Waals surface area contributed by atoms with Gasteiger partial charge in [-0.15, -0.1) is 12.2 Å². The fourth-order valence-electron chi connectivity index (χ4n) is 4.75. The third-order valence-corrected chi connectivity index (χ3v) is 6.51. The summed E-state index contributed by atoms with van der Waals surface area (Å²) in [5.41, 5.74) is 3.61. The van der Waals surface area contributed by atoms with Gasteiger partial charge in [0.1, 0.15) is 23.9 Å². The second kappa shape index (κ2) is 14.3.